The van der Waals surface area contributed by atoms with Gasteiger partial charge in [0.1, 0.15) is 0 Å². The van der Waals surface area contributed by atoms with Crippen LogP contribution in [-0.2, 0) is 11.3 Å². The molecule has 0 aliphatic rings. The number of aromatic nitrogens is 3. The van der Waals surface area contributed by atoms with Crippen LogP contribution in [0.3, 0.4) is 0 Å². The van der Waals surface area contributed by atoms with Crippen molar-refractivity contribution >= 4 is 23.1 Å². The standard InChI is InChI=1S/C12H17N3OS2/c1-3-15-11(10-6-5-8-17-10)13-14-12(15)18-9-7-16-4-2/h5-6,8H,3-4,7,9H2,1-2H3. The molecule has 2 aromatic heterocycles. The van der Waals surface area contributed by atoms with Crippen molar-refractivity contribution in [2.75, 3.05) is 19.0 Å². The molecular formula is C12H17N3OS2. The molecule has 2 heterocycles. The van der Waals surface area contributed by atoms with Crippen LogP contribution in [0.2, 0.25) is 0 Å². The second-order valence-corrected chi connectivity index (χ2v) is 5.58. The molecule has 0 fully saturated rings. The SMILES string of the molecule is CCOCCSc1nnc(-c2cccs2)n1CC. The van der Waals surface area contributed by atoms with Gasteiger partial charge in [0.05, 0.1) is 11.5 Å². The lowest BCUT2D eigenvalue weighted by Crippen LogP contribution is -2.01. The van der Waals surface area contributed by atoms with Crippen LogP contribution in [0.15, 0.2) is 22.7 Å². The lowest BCUT2D eigenvalue weighted by atomic mass is 10.4. The molecule has 2 aromatic rings. The first-order valence-electron chi connectivity index (χ1n) is 6.04. The molecule has 0 unspecified atom stereocenters. The zero-order valence-corrected chi connectivity index (χ0v) is 12.3. The summed E-state index contributed by atoms with van der Waals surface area (Å²) >= 11 is 3.39. The average molecular weight is 283 g/mol. The van der Waals surface area contributed by atoms with Crippen LogP contribution in [0, 0.1) is 0 Å². The van der Waals surface area contributed by atoms with Gasteiger partial charge in [0, 0.05) is 18.9 Å². The minimum Gasteiger partial charge on any atom is -0.381 e. The smallest absolute Gasteiger partial charge is 0.191 e. The van der Waals surface area contributed by atoms with Crippen LogP contribution < -0.4 is 0 Å². The average Bonchev–Trinajstić information content (AvgIpc) is 3.02. The molecule has 0 saturated heterocycles. The summed E-state index contributed by atoms with van der Waals surface area (Å²) < 4.78 is 7.49. The maximum Gasteiger partial charge on any atom is 0.191 e. The fourth-order valence-corrected chi connectivity index (χ4v) is 3.18. The molecule has 6 heteroatoms. The fourth-order valence-electron chi connectivity index (χ4n) is 1.60. The number of rotatable bonds is 7. The number of nitrogens with zero attached hydrogens (tertiary/aromatic N) is 3. The Hall–Kier alpha value is -0.850. The summed E-state index contributed by atoms with van der Waals surface area (Å²) in [6.07, 6.45) is 0. The first-order valence-corrected chi connectivity index (χ1v) is 7.91. The zero-order valence-electron chi connectivity index (χ0n) is 10.6. The van der Waals surface area contributed by atoms with Crippen LogP contribution in [0.4, 0.5) is 0 Å². The van der Waals surface area contributed by atoms with Crippen LogP contribution in [0.25, 0.3) is 10.7 Å². The monoisotopic (exact) mass is 283 g/mol. The zero-order chi connectivity index (χ0) is 12.8. The van der Waals surface area contributed by atoms with Gasteiger partial charge in [-0.15, -0.1) is 21.5 Å². The van der Waals surface area contributed by atoms with E-state index >= 15 is 0 Å². The van der Waals surface area contributed by atoms with Crippen molar-refractivity contribution in [3.63, 3.8) is 0 Å². The molecule has 0 N–H and O–H groups in total. The Balaban J connectivity index is 2.08. The molecule has 0 aromatic carbocycles. The van der Waals surface area contributed by atoms with Crippen molar-refractivity contribution in [1.29, 1.82) is 0 Å². The Labute approximate surface area is 115 Å². The van der Waals surface area contributed by atoms with Gasteiger partial charge in [-0.3, -0.25) is 0 Å². The molecule has 4 nitrogen and oxygen atoms in total. The van der Waals surface area contributed by atoms with Crippen molar-refractivity contribution in [1.82, 2.24) is 14.8 Å². The summed E-state index contributed by atoms with van der Waals surface area (Å²) in [5.74, 6) is 1.88. The number of thiophene rings is 1. The second kappa shape index (κ2) is 6.92. The van der Waals surface area contributed by atoms with Gasteiger partial charge in [-0.25, -0.2) is 0 Å². The van der Waals surface area contributed by atoms with Crippen molar-refractivity contribution in [3.8, 4) is 10.7 Å². The van der Waals surface area contributed by atoms with Gasteiger partial charge in [-0.2, -0.15) is 0 Å². The lowest BCUT2D eigenvalue weighted by molar-refractivity contribution is 0.164. The predicted molar refractivity (Wildman–Crippen MR) is 76.2 cm³/mol. The van der Waals surface area contributed by atoms with E-state index in [0.29, 0.717) is 0 Å². The van der Waals surface area contributed by atoms with E-state index in [-0.39, 0.29) is 0 Å². The van der Waals surface area contributed by atoms with Crippen molar-refractivity contribution < 1.29 is 4.74 Å². The first kappa shape index (κ1) is 13.6. The maximum absolute atomic E-state index is 5.33. The van der Waals surface area contributed by atoms with Crippen LogP contribution in [0.5, 0.6) is 0 Å². The highest BCUT2D eigenvalue weighted by molar-refractivity contribution is 7.99. The second-order valence-electron chi connectivity index (χ2n) is 3.57. The number of hydrogen-bond acceptors (Lipinski definition) is 5. The molecule has 18 heavy (non-hydrogen) atoms. The summed E-state index contributed by atoms with van der Waals surface area (Å²) in [5, 5.41) is 11.6. The van der Waals surface area contributed by atoms with Gasteiger partial charge in [-0.1, -0.05) is 17.8 Å². The van der Waals surface area contributed by atoms with E-state index in [4.69, 9.17) is 4.74 Å². The summed E-state index contributed by atoms with van der Waals surface area (Å²) in [5.41, 5.74) is 0. The minimum atomic E-state index is 0.756. The van der Waals surface area contributed by atoms with Gasteiger partial charge in [-0.05, 0) is 25.3 Å². The molecule has 0 aliphatic carbocycles. The van der Waals surface area contributed by atoms with Crippen LogP contribution >= 0.6 is 23.1 Å². The predicted octanol–water partition coefficient (Wildman–Crippen LogP) is 3.16. The summed E-state index contributed by atoms with van der Waals surface area (Å²) in [6, 6.07) is 4.12. The number of ether oxygens (including phenoxy) is 1. The number of thioether (sulfide) groups is 1. The fraction of sp³-hybridized carbons (Fsp3) is 0.500. The highest BCUT2D eigenvalue weighted by Crippen LogP contribution is 2.26. The molecule has 0 atom stereocenters. The van der Waals surface area contributed by atoms with E-state index in [2.05, 4.69) is 33.1 Å². The lowest BCUT2D eigenvalue weighted by Gasteiger charge is -2.05. The molecule has 0 radical (unpaired) electrons. The third-order valence-electron chi connectivity index (χ3n) is 2.44. The molecular weight excluding hydrogens is 266 g/mol. The summed E-state index contributed by atoms with van der Waals surface area (Å²) in [4.78, 5) is 1.17. The van der Waals surface area contributed by atoms with E-state index < -0.39 is 0 Å². The Kier molecular flexibility index (Phi) is 5.22. The molecule has 0 saturated carbocycles. The maximum atomic E-state index is 5.33. The molecule has 98 valence electrons. The van der Waals surface area contributed by atoms with Gasteiger partial charge < -0.3 is 9.30 Å². The van der Waals surface area contributed by atoms with E-state index in [1.54, 1.807) is 23.1 Å². The van der Waals surface area contributed by atoms with Crippen molar-refractivity contribution in [2.45, 2.75) is 25.5 Å². The molecule has 0 spiro atoms. The van der Waals surface area contributed by atoms with Crippen molar-refractivity contribution in [3.05, 3.63) is 17.5 Å². The molecule has 0 amide bonds. The Morgan fingerprint density at radius 1 is 1.39 bits per heavy atom. The Bertz CT molecular complexity index is 468. The van der Waals surface area contributed by atoms with E-state index in [0.717, 1.165) is 36.5 Å². The van der Waals surface area contributed by atoms with Gasteiger partial charge in [0.15, 0.2) is 11.0 Å². The van der Waals surface area contributed by atoms with Gasteiger partial charge in [0.2, 0.25) is 0 Å². The summed E-state index contributed by atoms with van der Waals surface area (Å²) in [6.45, 7) is 6.53. The third-order valence-corrected chi connectivity index (χ3v) is 4.23. The first-order chi connectivity index (χ1) is 8.86. The highest BCUT2D eigenvalue weighted by atomic mass is 32.2. The van der Waals surface area contributed by atoms with E-state index in [1.807, 2.05) is 13.0 Å². The van der Waals surface area contributed by atoms with Crippen molar-refractivity contribution in [2.24, 2.45) is 0 Å². The van der Waals surface area contributed by atoms with Gasteiger partial charge >= 0.3 is 0 Å². The topological polar surface area (TPSA) is 39.9 Å². The van der Waals surface area contributed by atoms with E-state index in [9.17, 15) is 0 Å². The molecule has 0 aliphatic heterocycles. The highest BCUT2D eigenvalue weighted by Gasteiger charge is 2.13. The van der Waals surface area contributed by atoms with Crippen LogP contribution in [-0.4, -0.2) is 33.7 Å². The Morgan fingerprint density at radius 2 is 2.28 bits per heavy atom. The van der Waals surface area contributed by atoms with Gasteiger partial charge in [0.25, 0.3) is 0 Å². The van der Waals surface area contributed by atoms with E-state index in [1.165, 1.54) is 4.88 Å². The largest absolute Gasteiger partial charge is 0.381 e. The normalized spacial score (nSPS) is 11.0. The molecule has 2 rings (SSSR count). The van der Waals surface area contributed by atoms with Crippen LogP contribution in [0.1, 0.15) is 13.8 Å². The minimum absolute atomic E-state index is 0.756. The number of hydrogen-bond donors (Lipinski definition) is 0. The quantitative estimate of drug-likeness (QED) is 0.578. The molecule has 0 bridgehead atoms. The summed E-state index contributed by atoms with van der Waals surface area (Å²) in [7, 11) is 0. The Morgan fingerprint density at radius 3 is 2.94 bits per heavy atom. The third kappa shape index (κ3) is 3.13.